The lowest BCUT2D eigenvalue weighted by Gasteiger charge is -2.07. The smallest absolute Gasteiger partial charge is 0.302 e. The molecular formula is C18H16F3N5OS2. The number of nitrogens with one attached hydrogen (secondary N) is 2. The monoisotopic (exact) mass is 439 g/mol. The molecule has 0 fully saturated rings. The topological polar surface area (TPSA) is 75.6 Å². The summed E-state index contributed by atoms with van der Waals surface area (Å²) in [5.41, 5.74) is 0.379. The van der Waals surface area contributed by atoms with Crippen LogP contribution in [0.15, 0.2) is 36.9 Å². The molecular weight excluding hydrogens is 423 g/mol. The Kier molecular flexibility index (Phi) is 5.99. The van der Waals surface area contributed by atoms with E-state index in [4.69, 9.17) is 12.2 Å². The van der Waals surface area contributed by atoms with Gasteiger partial charge in [0.05, 0.1) is 22.6 Å². The molecule has 0 saturated heterocycles. The van der Waals surface area contributed by atoms with Gasteiger partial charge in [-0.15, -0.1) is 6.58 Å². The van der Waals surface area contributed by atoms with Crippen LogP contribution in [0, 0.1) is 11.7 Å². The van der Waals surface area contributed by atoms with E-state index in [1.165, 1.54) is 23.5 Å². The summed E-state index contributed by atoms with van der Waals surface area (Å²) in [7, 11) is 0. The number of hydrogen-bond acceptors (Lipinski definition) is 5. The maximum absolute atomic E-state index is 12.6. The van der Waals surface area contributed by atoms with Crippen LogP contribution in [-0.2, 0) is 23.9 Å². The highest BCUT2D eigenvalue weighted by atomic mass is 32.1. The number of amides is 1. The van der Waals surface area contributed by atoms with Gasteiger partial charge < -0.3 is 5.32 Å². The summed E-state index contributed by atoms with van der Waals surface area (Å²) < 4.78 is 40.1. The second-order valence-corrected chi connectivity index (χ2v) is 7.49. The number of H-pyrrole nitrogens is 1. The third-order valence-electron chi connectivity index (χ3n) is 3.96. The molecule has 0 saturated carbocycles. The van der Waals surface area contributed by atoms with Crippen LogP contribution in [0.25, 0.3) is 10.7 Å². The lowest BCUT2D eigenvalue weighted by Crippen LogP contribution is -2.14. The summed E-state index contributed by atoms with van der Waals surface area (Å²) in [6.45, 7) is 5.95. The third-order valence-corrected chi connectivity index (χ3v) is 5.34. The first kappa shape index (κ1) is 20.9. The Labute approximate surface area is 173 Å². The Hall–Kier alpha value is -2.79. The molecule has 0 unspecified atom stereocenters. The van der Waals surface area contributed by atoms with Crippen molar-refractivity contribution in [3.05, 3.63) is 58.5 Å². The molecule has 0 aliphatic rings. The third kappa shape index (κ3) is 4.80. The van der Waals surface area contributed by atoms with Gasteiger partial charge >= 0.3 is 6.18 Å². The summed E-state index contributed by atoms with van der Waals surface area (Å²) in [4.78, 5) is 17.3. The van der Waals surface area contributed by atoms with Crippen LogP contribution in [0.4, 0.5) is 18.3 Å². The summed E-state index contributed by atoms with van der Waals surface area (Å²) in [5, 5.41) is 9.99. The number of aromatic nitrogens is 4. The summed E-state index contributed by atoms with van der Waals surface area (Å²) in [6.07, 6.45) is -2.78. The van der Waals surface area contributed by atoms with Gasteiger partial charge in [0, 0.05) is 6.54 Å². The molecule has 0 bridgehead atoms. The summed E-state index contributed by atoms with van der Waals surface area (Å²) in [6, 6.07) is 4.48. The number of alkyl halides is 3. The van der Waals surface area contributed by atoms with Crippen LogP contribution in [0.5, 0.6) is 0 Å². The van der Waals surface area contributed by atoms with Gasteiger partial charge in [-0.3, -0.25) is 14.5 Å². The second-order valence-electron chi connectivity index (χ2n) is 6.10. The SMILES string of the molecule is C=CCn1c(-c2sc(NC(=O)Cc3ccc(C(F)(F)F)cc3)nc2C)n[nH]c1=S. The number of carbonyl (C=O) groups is 1. The number of halogens is 3. The molecule has 0 radical (unpaired) electrons. The standard InChI is InChI=1S/C18H16F3N5OS2/c1-3-8-26-15(24-25-17(26)28)14-10(2)22-16(29-14)23-13(27)9-11-4-6-12(7-5-11)18(19,20)21/h3-7H,1,8-9H2,2H3,(H,25,28)(H,22,23,27). The van der Waals surface area contributed by atoms with Gasteiger partial charge in [0.15, 0.2) is 15.7 Å². The zero-order valence-corrected chi connectivity index (χ0v) is 16.8. The summed E-state index contributed by atoms with van der Waals surface area (Å²) in [5.74, 6) is 0.211. The van der Waals surface area contributed by atoms with Gasteiger partial charge in [0.1, 0.15) is 0 Å². The number of aryl methyl sites for hydroxylation is 1. The molecule has 0 aliphatic carbocycles. The number of thiazole rings is 1. The minimum Gasteiger partial charge on any atom is -0.302 e. The fraction of sp³-hybridized carbons (Fsp3) is 0.222. The molecule has 2 aromatic heterocycles. The lowest BCUT2D eigenvalue weighted by atomic mass is 10.1. The molecule has 152 valence electrons. The zero-order chi connectivity index (χ0) is 21.2. The number of aromatic amines is 1. The second kappa shape index (κ2) is 8.29. The van der Waals surface area contributed by atoms with Crippen molar-refractivity contribution in [2.75, 3.05) is 5.32 Å². The fourth-order valence-electron chi connectivity index (χ4n) is 2.61. The van der Waals surface area contributed by atoms with E-state index < -0.39 is 11.7 Å². The van der Waals surface area contributed by atoms with Gasteiger partial charge in [-0.05, 0) is 36.8 Å². The Bertz CT molecular complexity index is 1100. The fourth-order valence-corrected chi connectivity index (χ4v) is 3.80. The highest BCUT2D eigenvalue weighted by Crippen LogP contribution is 2.32. The first-order valence-corrected chi connectivity index (χ1v) is 9.61. The number of allylic oxidation sites excluding steroid dienone is 1. The Morgan fingerprint density at radius 3 is 2.69 bits per heavy atom. The minimum atomic E-state index is -4.41. The quantitative estimate of drug-likeness (QED) is 0.429. The highest BCUT2D eigenvalue weighted by molar-refractivity contribution is 7.71. The van der Waals surface area contributed by atoms with Crippen LogP contribution in [-0.4, -0.2) is 25.7 Å². The lowest BCUT2D eigenvalue weighted by molar-refractivity contribution is -0.137. The molecule has 6 nitrogen and oxygen atoms in total. The molecule has 3 aromatic rings. The average Bonchev–Trinajstić information content (AvgIpc) is 3.17. The number of benzene rings is 1. The van der Waals surface area contributed by atoms with Crippen molar-refractivity contribution in [3.8, 4) is 10.7 Å². The Morgan fingerprint density at radius 1 is 1.38 bits per heavy atom. The molecule has 2 N–H and O–H groups in total. The zero-order valence-electron chi connectivity index (χ0n) is 15.2. The predicted octanol–water partition coefficient (Wildman–Crippen LogP) is 4.76. The van der Waals surface area contributed by atoms with E-state index in [1.807, 2.05) is 0 Å². The Balaban J connectivity index is 1.73. The van der Waals surface area contributed by atoms with E-state index in [0.29, 0.717) is 33.5 Å². The van der Waals surface area contributed by atoms with Gasteiger partial charge in [0.2, 0.25) is 5.91 Å². The van der Waals surface area contributed by atoms with Crippen LogP contribution < -0.4 is 5.32 Å². The van der Waals surface area contributed by atoms with Crippen LogP contribution in [0.1, 0.15) is 16.8 Å². The van der Waals surface area contributed by atoms with Crippen LogP contribution in [0.3, 0.4) is 0 Å². The molecule has 0 spiro atoms. The van der Waals surface area contributed by atoms with E-state index in [0.717, 1.165) is 17.0 Å². The number of hydrogen-bond donors (Lipinski definition) is 2. The van der Waals surface area contributed by atoms with E-state index in [9.17, 15) is 18.0 Å². The molecule has 29 heavy (non-hydrogen) atoms. The number of anilines is 1. The van der Waals surface area contributed by atoms with Crippen molar-refractivity contribution in [1.82, 2.24) is 19.7 Å². The van der Waals surface area contributed by atoms with Crippen molar-refractivity contribution in [2.45, 2.75) is 26.1 Å². The minimum absolute atomic E-state index is 0.0682. The van der Waals surface area contributed by atoms with Crippen molar-refractivity contribution in [3.63, 3.8) is 0 Å². The number of rotatable bonds is 6. The number of nitrogens with zero attached hydrogens (tertiary/aromatic N) is 3. The molecule has 0 aliphatic heterocycles. The maximum atomic E-state index is 12.6. The normalized spacial score (nSPS) is 11.4. The van der Waals surface area contributed by atoms with Gasteiger partial charge in [-0.1, -0.05) is 29.5 Å². The van der Waals surface area contributed by atoms with E-state index in [1.54, 1.807) is 17.6 Å². The van der Waals surface area contributed by atoms with Crippen molar-refractivity contribution in [1.29, 1.82) is 0 Å². The van der Waals surface area contributed by atoms with Gasteiger partial charge in [-0.2, -0.15) is 18.3 Å². The Morgan fingerprint density at radius 2 is 2.07 bits per heavy atom. The van der Waals surface area contributed by atoms with Crippen molar-refractivity contribution in [2.24, 2.45) is 0 Å². The van der Waals surface area contributed by atoms with Crippen LogP contribution in [0.2, 0.25) is 0 Å². The molecule has 1 aromatic carbocycles. The summed E-state index contributed by atoms with van der Waals surface area (Å²) >= 11 is 6.44. The molecule has 3 rings (SSSR count). The van der Waals surface area contributed by atoms with Gasteiger partial charge in [-0.25, -0.2) is 4.98 Å². The molecule has 2 heterocycles. The van der Waals surface area contributed by atoms with E-state index in [-0.39, 0.29) is 12.3 Å². The predicted molar refractivity (Wildman–Crippen MR) is 107 cm³/mol. The van der Waals surface area contributed by atoms with Gasteiger partial charge in [0.25, 0.3) is 0 Å². The van der Waals surface area contributed by atoms with Crippen molar-refractivity contribution < 1.29 is 18.0 Å². The van der Waals surface area contributed by atoms with Crippen LogP contribution >= 0.6 is 23.6 Å². The number of carbonyl (C=O) groups excluding carboxylic acids is 1. The largest absolute Gasteiger partial charge is 0.416 e. The molecule has 11 heteroatoms. The first-order valence-electron chi connectivity index (χ1n) is 8.39. The molecule has 0 atom stereocenters. The van der Waals surface area contributed by atoms with E-state index >= 15 is 0 Å². The molecule has 1 amide bonds. The average molecular weight is 439 g/mol. The maximum Gasteiger partial charge on any atom is 0.416 e. The highest BCUT2D eigenvalue weighted by Gasteiger charge is 2.30. The van der Waals surface area contributed by atoms with E-state index in [2.05, 4.69) is 27.1 Å². The first-order chi connectivity index (χ1) is 13.7. The van der Waals surface area contributed by atoms with Crippen molar-refractivity contribution >= 4 is 34.6 Å².